The standard InChI is InChI=1S/C15H11ClFNO6S/c16-10-2-1-3-11(13(10)17)18-25(21,22)8-6-9(15(19)20)14-12(7-8)23-4-5-24-14/h1-3,6-7,18H,4-5H2,(H,19,20). The zero-order chi connectivity index (χ0) is 18.2. The van der Waals surface area contributed by atoms with Crippen molar-refractivity contribution >= 4 is 33.3 Å². The van der Waals surface area contributed by atoms with E-state index in [0.29, 0.717) is 0 Å². The highest BCUT2D eigenvalue weighted by atomic mass is 35.5. The summed E-state index contributed by atoms with van der Waals surface area (Å²) in [7, 11) is -4.29. The number of nitrogens with one attached hydrogen (secondary N) is 1. The van der Waals surface area contributed by atoms with Crippen LogP contribution in [0.3, 0.4) is 0 Å². The molecule has 0 aliphatic carbocycles. The molecule has 2 aromatic rings. The molecule has 2 N–H and O–H groups in total. The number of sulfonamides is 1. The van der Waals surface area contributed by atoms with Crippen molar-refractivity contribution in [3.8, 4) is 11.5 Å². The van der Waals surface area contributed by atoms with Crippen LogP contribution in [0.2, 0.25) is 5.02 Å². The van der Waals surface area contributed by atoms with Crippen LogP contribution in [0, 0.1) is 5.82 Å². The topological polar surface area (TPSA) is 102 Å². The van der Waals surface area contributed by atoms with E-state index in [2.05, 4.69) is 0 Å². The van der Waals surface area contributed by atoms with E-state index in [1.54, 1.807) is 0 Å². The minimum Gasteiger partial charge on any atom is -0.486 e. The van der Waals surface area contributed by atoms with E-state index in [0.717, 1.165) is 12.1 Å². The first-order valence-corrected chi connectivity index (χ1v) is 8.79. The fourth-order valence-electron chi connectivity index (χ4n) is 2.23. The molecule has 0 atom stereocenters. The normalized spacial score (nSPS) is 13.4. The Morgan fingerprint density at radius 3 is 2.68 bits per heavy atom. The van der Waals surface area contributed by atoms with Gasteiger partial charge in [0, 0.05) is 6.07 Å². The van der Waals surface area contributed by atoms with Gasteiger partial charge in [0.15, 0.2) is 17.3 Å². The summed E-state index contributed by atoms with van der Waals surface area (Å²) in [6.07, 6.45) is 0. The summed E-state index contributed by atoms with van der Waals surface area (Å²) in [5, 5.41) is 9.02. The van der Waals surface area contributed by atoms with E-state index < -0.39 is 26.7 Å². The number of carbonyl (C=O) groups is 1. The second-order valence-electron chi connectivity index (χ2n) is 5.01. The molecule has 0 fully saturated rings. The van der Waals surface area contributed by atoms with E-state index in [-0.39, 0.29) is 41.0 Å². The average molecular weight is 388 g/mol. The van der Waals surface area contributed by atoms with Gasteiger partial charge in [-0.1, -0.05) is 17.7 Å². The van der Waals surface area contributed by atoms with Crippen molar-refractivity contribution in [2.24, 2.45) is 0 Å². The molecular weight excluding hydrogens is 377 g/mol. The molecule has 3 rings (SSSR count). The Morgan fingerprint density at radius 1 is 1.24 bits per heavy atom. The number of carboxylic acid groups (broad SMARTS) is 1. The molecule has 0 amide bonds. The summed E-state index contributed by atoms with van der Waals surface area (Å²) >= 11 is 5.63. The quantitative estimate of drug-likeness (QED) is 0.836. The fourth-order valence-corrected chi connectivity index (χ4v) is 3.50. The van der Waals surface area contributed by atoms with Gasteiger partial charge in [0.05, 0.1) is 15.6 Å². The first kappa shape index (κ1) is 17.3. The maximum Gasteiger partial charge on any atom is 0.339 e. The molecule has 1 aliphatic rings. The lowest BCUT2D eigenvalue weighted by Gasteiger charge is -2.21. The van der Waals surface area contributed by atoms with Gasteiger partial charge >= 0.3 is 5.97 Å². The zero-order valence-electron chi connectivity index (χ0n) is 12.5. The average Bonchev–Trinajstić information content (AvgIpc) is 2.57. The molecule has 0 aromatic heterocycles. The van der Waals surface area contributed by atoms with Gasteiger partial charge in [0.1, 0.15) is 18.8 Å². The number of aromatic carboxylic acids is 1. The molecule has 2 aromatic carbocycles. The van der Waals surface area contributed by atoms with Crippen molar-refractivity contribution in [3.05, 3.63) is 46.7 Å². The van der Waals surface area contributed by atoms with E-state index >= 15 is 0 Å². The molecular formula is C15H11ClFNO6S. The van der Waals surface area contributed by atoms with Crippen molar-refractivity contribution < 1.29 is 32.2 Å². The number of hydrogen-bond acceptors (Lipinski definition) is 5. The number of rotatable bonds is 4. The largest absolute Gasteiger partial charge is 0.486 e. The Labute approximate surface area is 147 Å². The molecule has 0 unspecified atom stereocenters. The third-order valence-electron chi connectivity index (χ3n) is 3.35. The summed E-state index contributed by atoms with van der Waals surface area (Å²) in [6, 6.07) is 5.86. The summed E-state index contributed by atoms with van der Waals surface area (Å²) in [5.41, 5.74) is -0.733. The molecule has 7 nitrogen and oxygen atoms in total. The van der Waals surface area contributed by atoms with Crippen LogP contribution in [-0.4, -0.2) is 32.7 Å². The highest BCUT2D eigenvalue weighted by Gasteiger charge is 2.27. The van der Waals surface area contributed by atoms with Crippen molar-refractivity contribution in [2.45, 2.75) is 4.90 Å². The molecule has 1 heterocycles. The highest BCUT2D eigenvalue weighted by molar-refractivity contribution is 7.92. The van der Waals surface area contributed by atoms with Gasteiger partial charge < -0.3 is 14.6 Å². The lowest BCUT2D eigenvalue weighted by molar-refractivity contribution is 0.0685. The van der Waals surface area contributed by atoms with Crippen LogP contribution >= 0.6 is 11.6 Å². The lowest BCUT2D eigenvalue weighted by Crippen LogP contribution is -2.20. The van der Waals surface area contributed by atoms with Crippen molar-refractivity contribution in [1.29, 1.82) is 0 Å². The third kappa shape index (κ3) is 3.33. The molecule has 10 heteroatoms. The molecule has 0 bridgehead atoms. The molecule has 0 saturated heterocycles. The maximum atomic E-state index is 13.9. The van der Waals surface area contributed by atoms with E-state index in [9.17, 15) is 22.7 Å². The molecule has 0 saturated carbocycles. The van der Waals surface area contributed by atoms with Crippen molar-refractivity contribution in [1.82, 2.24) is 0 Å². The number of fused-ring (bicyclic) bond motifs is 1. The van der Waals surface area contributed by atoms with Gasteiger partial charge in [0.2, 0.25) is 0 Å². The van der Waals surface area contributed by atoms with Gasteiger partial charge in [-0.15, -0.1) is 0 Å². The van der Waals surface area contributed by atoms with Crippen molar-refractivity contribution in [3.63, 3.8) is 0 Å². The van der Waals surface area contributed by atoms with Crippen LogP contribution in [0.5, 0.6) is 11.5 Å². The van der Waals surface area contributed by atoms with Gasteiger partial charge in [-0.25, -0.2) is 17.6 Å². The summed E-state index contributed by atoms with van der Waals surface area (Å²) in [4.78, 5) is 11.0. The van der Waals surface area contributed by atoms with Gasteiger partial charge in [-0.05, 0) is 18.2 Å². The predicted molar refractivity (Wildman–Crippen MR) is 86.6 cm³/mol. The summed E-state index contributed by atoms with van der Waals surface area (Å²) in [5.74, 6) is -2.39. The van der Waals surface area contributed by atoms with Gasteiger partial charge in [0.25, 0.3) is 10.0 Å². The highest BCUT2D eigenvalue weighted by Crippen LogP contribution is 2.37. The minimum atomic E-state index is -4.29. The molecule has 0 radical (unpaired) electrons. The number of benzene rings is 2. The third-order valence-corrected chi connectivity index (χ3v) is 4.99. The van der Waals surface area contributed by atoms with Crippen LogP contribution in [0.25, 0.3) is 0 Å². The number of anilines is 1. The Morgan fingerprint density at radius 2 is 1.96 bits per heavy atom. The second-order valence-corrected chi connectivity index (χ2v) is 7.10. The van der Waals surface area contributed by atoms with Gasteiger partial charge in [-0.3, -0.25) is 4.72 Å². The first-order chi connectivity index (χ1) is 11.8. The molecule has 1 aliphatic heterocycles. The molecule has 0 spiro atoms. The lowest BCUT2D eigenvalue weighted by atomic mass is 10.2. The van der Waals surface area contributed by atoms with E-state index in [1.165, 1.54) is 18.2 Å². The summed E-state index contributed by atoms with van der Waals surface area (Å²) < 4.78 is 51.5. The number of hydrogen-bond donors (Lipinski definition) is 2. The Bertz CT molecular complexity index is 963. The predicted octanol–water partition coefficient (Wildman–Crippen LogP) is 2.75. The first-order valence-electron chi connectivity index (χ1n) is 6.93. The zero-order valence-corrected chi connectivity index (χ0v) is 14.0. The molecule has 132 valence electrons. The SMILES string of the molecule is O=C(O)c1cc(S(=O)(=O)Nc2cccc(Cl)c2F)cc2c1OCCO2. The van der Waals surface area contributed by atoms with Crippen LogP contribution in [0.1, 0.15) is 10.4 Å². The molecule has 25 heavy (non-hydrogen) atoms. The number of halogens is 2. The Kier molecular flexibility index (Phi) is 4.44. The van der Waals surface area contributed by atoms with Crippen molar-refractivity contribution in [2.75, 3.05) is 17.9 Å². The van der Waals surface area contributed by atoms with Crippen LogP contribution in [0.15, 0.2) is 35.2 Å². The van der Waals surface area contributed by atoms with E-state index in [1.807, 2.05) is 4.72 Å². The Hall–Kier alpha value is -2.52. The smallest absolute Gasteiger partial charge is 0.339 e. The fraction of sp³-hybridized carbons (Fsp3) is 0.133. The van der Waals surface area contributed by atoms with Crippen LogP contribution < -0.4 is 14.2 Å². The van der Waals surface area contributed by atoms with E-state index in [4.69, 9.17) is 21.1 Å². The van der Waals surface area contributed by atoms with Crippen LogP contribution in [0.4, 0.5) is 10.1 Å². The monoisotopic (exact) mass is 387 g/mol. The Balaban J connectivity index is 2.07. The minimum absolute atomic E-state index is 0.0157. The number of ether oxygens (including phenoxy) is 2. The summed E-state index contributed by atoms with van der Waals surface area (Å²) in [6.45, 7) is 0.289. The number of carboxylic acids is 1. The van der Waals surface area contributed by atoms with Crippen LogP contribution in [-0.2, 0) is 10.0 Å². The second kappa shape index (κ2) is 6.41. The van der Waals surface area contributed by atoms with Gasteiger partial charge in [-0.2, -0.15) is 0 Å². The maximum absolute atomic E-state index is 13.9.